The smallest absolute Gasteiger partial charge is 0.223 e. The number of pyridine rings is 1. The quantitative estimate of drug-likeness (QED) is 0.425. The van der Waals surface area contributed by atoms with Crippen LogP contribution < -0.4 is 10.5 Å². The molecular formula is C14H15BrN6O. The minimum Gasteiger partial charge on any atom is -0.618 e. The average molecular weight is 363 g/mol. The summed E-state index contributed by atoms with van der Waals surface area (Å²) in [5.74, 6) is 0.160. The average Bonchev–Trinajstić information content (AvgIpc) is 2.84. The molecule has 0 unspecified atom stereocenters. The fourth-order valence-electron chi connectivity index (χ4n) is 2.41. The molecule has 0 atom stereocenters. The molecule has 0 saturated heterocycles. The zero-order valence-corrected chi connectivity index (χ0v) is 14.0. The van der Waals surface area contributed by atoms with Gasteiger partial charge in [0.05, 0.1) is 11.6 Å². The second-order valence-electron chi connectivity index (χ2n) is 5.25. The van der Waals surface area contributed by atoms with E-state index in [2.05, 4.69) is 31.0 Å². The first-order valence-electron chi connectivity index (χ1n) is 6.72. The molecule has 0 bridgehead atoms. The molecule has 0 fully saturated rings. The van der Waals surface area contributed by atoms with E-state index in [0.29, 0.717) is 22.5 Å². The summed E-state index contributed by atoms with van der Waals surface area (Å²) in [4.78, 5) is 8.26. The first-order chi connectivity index (χ1) is 10.4. The van der Waals surface area contributed by atoms with E-state index < -0.39 is 0 Å². The topological polar surface area (TPSA) is 96.6 Å². The van der Waals surface area contributed by atoms with Crippen molar-refractivity contribution in [2.45, 2.75) is 27.3 Å². The van der Waals surface area contributed by atoms with Crippen LogP contribution in [0.3, 0.4) is 0 Å². The van der Waals surface area contributed by atoms with Gasteiger partial charge in [-0.3, -0.25) is 0 Å². The summed E-state index contributed by atoms with van der Waals surface area (Å²) < 4.78 is 3.14. The zero-order valence-electron chi connectivity index (χ0n) is 12.5. The van der Waals surface area contributed by atoms with Crippen molar-refractivity contribution in [2.75, 3.05) is 5.73 Å². The van der Waals surface area contributed by atoms with Gasteiger partial charge in [0.2, 0.25) is 11.6 Å². The molecular weight excluding hydrogens is 348 g/mol. The van der Waals surface area contributed by atoms with Crippen molar-refractivity contribution in [1.82, 2.24) is 19.7 Å². The van der Waals surface area contributed by atoms with Gasteiger partial charge in [0, 0.05) is 11.1 Å². The molecule has 3 heterocycles. The van der Waals surface area contributed by atoms with E-state index in [-0.39, 0.29) is 5.95 Å². The Morgan fingerprint density at radius 1 is 1.27 bits per heavy atom. The highest BCUT2D eigenvalue weighted by atomic mass is 79.9. The van der Waals surface area contributed by atoms with Crippen LogP contribution in [-0.4, -0.2) is 19.7 Å². The second-order valence-corrected chi connectivity index (χ2v) is 6.00. The molecule has 0 amide bonds. The third-order valence-electron chi connectivity index (χ3n) is 3.93. The van der Waals surface area contributed by atoms with Crippen molar-refractivity contribution in [2.24, 2.45) is 0 Å². The lowest BCUT2D eigenvalue weighted by atomic mass is 10.0. The number of nitrogens with two attached hydrogens (primary N) is 1. The molecule has 22 heavy (non-hydrogen) atoms. The van der Waals surface area contributed by atoms with E-state index in [0.717, 1.165) is 26.8 Å². The predicted octanol–water partition coefficient (Wildman–Crippen LogP) is 1.78. The normalized spacial score (nSPS) is 11.3. The van der Waals surface area contributed by atoms with Gasteiger partial charge in [-0.05, 0) is 42.3 Å². The molecule has 0 saturated carbocycles. The number of halogens is 1. The van der Waals surface area contributed by atoms with Crippen LogP contribution in [0.1, 0.15) is 22.4 Å². The predicted molar refractivity (Wildman–Crippen MR) is 86.2 cm³/mol. The maximum absolute atomic E-state index is 12.2. The van der Waals surface area contributed by atoms with Gasteiger partial charge in [0.15, 0.2) is 11.8 Å². The summed E-state index contributed by atoms with van der Waals surface area (Å²) in [5, 5.41) is 17.3. The first-order valence-corrected chi connectivity index (χ1v) is 7.51. The highest BCUT2D eigenvalue weighted by Gasteiger charge is 2.18. The summed E-state index contributed by atoms with van der Waals surface area (Å²) in [6.45, 7) is 6.20. The first kappa shape index (κ1) is 14.7. The van der Waals surface area contributed by atoms with Crippen LogP contribution in [0.5, 0.6) is 0 Å². The van der Waals surface area contributed by atoms with Crippen molar-refractivity contribution < 1.29 is 4.73 Å². The van der Waals surface area contributed by atoms with Gasteiger partial charge in [-0.15, -0.1) is 0 Å². The van der Waals surface area contributed by atoms with Gasteiger partial charge in [-0.25, -0.2) is 9.67 Å². The van der Waals surface area contributed by atoms with Gasteiger partial charge in [0.1, 0.15) is 11.1 Å². The van der Waals surface area contributed by atoms with Gasteiger partial charge < -0.3 is 10.9 Å². The molecule has 8 heteroatoms. The van der Waals surface area contributed by atoms with Crippen molar-refractivity contribution in [3.63, 3.8) is 0 Å². The lowest BCUT2D eigenvalue weighted by Gasteiger charge is -2.12. The summed E-state index contributed by atoms with van der Waals surface area (Å²) in [5.41, 5.74) is 9.96. The molecule has 3 rings (SSSR count). The maximum Gasteiger partial charge on any atom is 0.223 e. The SMILES string of the molecule is Cc1c[n+]([O-])c(Cn2ncc3c(Br)nc(N)nc32)c(C)c1C. The van der Waals surface area contributed by atoms with Crippen molar-refractivity contribution in [3.05, 3.63) is 44.6 Å². The number of fused-ring (bicyclic) bond motifs is 1. The number of rotatable bonds is 2. The van der Waals surface area contributed by atoms with E-state index >= 15 is 0 Å². The Kier molecular flexibility index (Phi) is 3.48. The Morgan fingerprint density at radius 3 is 2.73 bits per heavy atom. The molecule has 2 N–H and O–H groups in total. The molecule has 7 nitrogen and oxygen atoms in total. The van der Waals surface area contributed by atoms with Crippen molar-refractivity contribution in [3.8, 4) is 0 Å². The second kappa shape index (κ2) is 5.20. The lowest BCUT2D eigenvalue weighted by molar-refractivity contribution is -0.615. The molecule has 114 valence electrons. The van der Waals surface area contributed by atoms with E-state index in [4.69, 9.17) is 5.73 Å². The molecule has 3 aromatic heterocycles. The molecule has 0 radical (unpaired) electrons. The molecule has 0 aliphatic heterocycles. The Morgan fingerprint density at radius 2 is 2.00 bits per heavy atom. The summed E-state index contributed by atoms with van der Waals surface area (Å²) in [6, 6.07) is 0. The van der Waals surface area contributed by atoms with Gasteiger partial charge in [0.25, 0.3) is 0 Å². The van der Waals surface area contributed by atoms with Crippen LogP contribution in [0.25, 0.3) is 11.0 Å². The standard InChI is InChI=1S/C14H15BrN6O/c1-7-5-21(22)11(9(3)8(7)2)6-20-13-10(4-17-20)12(15)18-14(16)19-13/h4-5H,6H2,1-3H3,(H2,16,18,19). The maximum atomic E-state index is 12.2. The van der Waals surface area contributed by atoms with Crippen molar-refractivity contribution >= 4 is 32.9 Å². The number of aryl methyl sites for hydroxylation is 1. The summed E-state index contributed by atoms with van der Waals surface area (Å²) >= 11 is 3.35. The van der Waals surface area contributed by atoms with E-state index in [1.807, 2.05) is 20.8 Å². The number of anilines is 1. The third-order valence-corrected chi connectivity index (χ3v) is 4.53. The number of hydrogen-bond acceptors (Lipinski definition) is 5. The Hall–Kier alpha value is -2.22. The van der Waals surface area contributed by atoms with E-state index in [1.165, 1.54) is 0 Å². The monoisotopic (exact) mass is 362 g/mol. The van der Waals surface area contributed by atoms with Crippen LogP contribution in [0.15, 0.2) is 17.0 Å². The molecule has 0 aliphatic rings. The fraction of sp³-hybridized carbons (Fsp3) is 0.286. The minimum atomic E-state index is 0.160. The highest BCUT2D eigenvalue weighted by Crippen LogP contribution is 2.22. The van der Waals surface area contributed by atoms with Crippen LogP contribution >= 0.6 is 15.9 Å². The molecule has 0 aromatic carbocycles. The van der Waals surface area contributed by atoms with Gasteiger partial charge >= 0.3 is 0 Å². The summed E-state index contributed by atoms with van der Waals surface area (Å²) in [6.07, 6.45) is 3.24. The number of hydrogen-bond donors (Lipinski definition) is 1. The van der Waals surface area contributed by atoms with Crippen LogP contribution in [-0.2, 0) is 6.54 Å². The Labute approximate surface area is 135 Å². The third kappa shape index (κ3) is 2.29. The van der Waals surface area contributed by atoms with Gasteiger partial charge in [-0.1, -0.05) is 0 Å². The van der Waals surface area contributed by atoms with E-state index in [1.54, 1.807) is 17.1 Å². The minimum absolute atomic E-state index is 0.160. The largest absolute Gasteiger partial charge is 0.618 e. The number of aromatic nitrogens is 5. The molecule has 0 spiro atoms. The number of nitrogen functional groups attached to an aromatic ring is 1. The van der Waals surface area contributed by atoms with Crippen LogP contribution in [0, 0.1) is 26.0 Å². The zero-order chi connectivity index (χ0) is 16.0. The van der Waals surface area contributed by atoms with Crippen molar-refractivity contribution in [1.29, 1.82) is 0 Å². The number of nitrogens with zero attached hydrogens (tertiary/aromatic N) is 5. The molecule has 0 aliphatic carbocycles. The Balaban J connectivity index is 2.14. The fourth-order valence-corrected chi connectivity index (χ4v) is 2.87. The van der Waals surface area contributed by atoms with Crippen LogP contribution in [0.2, 0.25) is 0 Å². The van der Waals surface area contributed by atoms with Gasteiger partial charge in [-0.2, -0.15) is 14.8 Å². The molecule has 3 aromatic rings. The van der Waals surface area contributed by atoms with Crippen LogP contribution in [0.4, 0.5) is 5.95 Å². The summed E-state index contributed by atoms with van der Waals surface area (Å²) in [7, 11) is 0. The lowest BCUT2D eigenvalue weighted by Crippen LogP contribution is -2.35. The highest BCUT2D eigenvalue weighted by molar-refractivity contribution is 9.10. The van der Waals surface area contributed by atoms with E-state index in [9.17, 15) is 5.21 Å². The Bertz CT molecular complexity index is 889.